The Kier molecular flexibility index (Phi) is 4.29. The molecule has 5 rings (SSSR count). The summed E-state index contributed by atoms with van der Waals surface area (Å²) in [5.74, 6) is 0.103. The number of nitrogens with zero attached hydrogens (tertiary/aromatic N) is 5. The number of piperazine rings is 1. The number of para-hydroxylation sites is 1. The zero-order valence-electron chi connectivity index (χ0n) is 15.5. The van der Waals surface area contributed by atoms with Gasteiger partial charge in [0.1, 0.15) is 11.3 Å². The molecule has 3 aromatic heterocycles. The van der Waals surface area contributed by atoms with Crippen molar-refractivity contribution in [1.82, 2.24) is 24.3 Å². The maximum absolute atomic E-state index is 12.7. The van der Waals surface area contributed by atoms with E-state index in [9.17, 15) is 4.79 Å². The number of carbonyl (C=O) groups is 1. The second kappa shape index (κ2) is 7.09. The van der Waals surface area contributed by atoms with Gasteiger partial charge in [-0.15, -0.1) is 0 Å². The second-order valence-corrected chi connectivity index (χ2v) is 7.16. The second-order valence-electron chi connectivity index (χ2n) is 7.16. The first-order valence-corrected chi connectivity index (χ1v) is 9.52. The molecule has 0 spiro atoms. The quantitative estimate of drug-likeness (QED) is 0.548. The van der Waals surface area contributed by atoms with Crippen molar-refractivity contribution in [3.05, 3.63) is 66.2 Å². The Labute approximate surface area is 162 Å². The molecule has 1 aliphatic rings. The van der Waals surface area contributed by atoms with Crippen molar-refractivity contribution in [3.63, 3.8) is 0 Å². The molecule has 0 N–H and O–H groups in total. The third-order valence-electron chi connectivity index (χ3n) is 5.30. The average Bonchev–Trinajstić information content (AvgIpc) is 3.32. The Balaban J connectivity index is 1.19. The summed E-state index contributed by atoms with van der Waals surface area (Å²) >= 11 is 0. The van der Waals surface area contributed by atoms with E-state index in [1.807, 2.05) is 58.0 Å². The smallest absolute Gasteiger partial charge is 0.228 e. The van der Waals surface area contributed by atoms with Gasteiger partial charge in [0.2, 0.25) is 5.91 Å². The number of rotatable bonds is 4. The first kappa shape index (κ1) is 16.9. The molecule has 4 heterocycles. The fourth-order valence-electron chi connectivity index (χ4n) is 3.77. The van der Waals surface area contributed by atoms with Crippen molar-refractivity contribution in [3.8, 4) is 0 Å². The van der Waals surface area contributed by atoms with Crippen LogP contribution in [0.2, 0.25) is 0 Å². The molecule has 7 heteroatoms. The third kappa shape index (κ3) is 3.25. The SMILES string of the molecule is O=C(Cc1noc2ccccc12)N1CCN(Cc2cn3ccccc3n2)CC1. The van der Waals surface area contributed by atoms with Crippen molar-refractivity contribution in [2.24, 2.45) is 0 Å². The van der Waals surface area contributed by atoms with Crippen LogP contribution in [0.25, 0.3) is 16.6 Å². The number of hydrogen-bond donors (Lipinski definition) is 0. The van der Waals surface area contributed by atoms with Crippen molar-refractivity contribution < 1.29 is 9.32 Å². The molecule has 0 aliphatic carbocycles. The monoisotopic (exact) mass is 375 g/mol. The molecule has 1 saturated heterocycles. The normalized spacial score (nSPS) is 15.5. The van der Waals surface area contributed by atoms with Crippen LogP contribution in [0.15, 0.2) is 59.4 Å². The van der Waals surface area contributed by atoms with E-state index >= 15 is 0 Å². The molecular formula is C21H21N5O2. The fraction of sp³-hybridized carbons (Fsp3) is 0.286. The van der Waals surface area contributed by atoms with Crippen LogP contribution in [-0.2, 0) is 17.8 Å². The van der Waals surface area contributed by atoms with E-state index in [-0.39, 0.29) is 12.3 Å². The average molecular weight is 375 g/mol. The van der Waals surface area contributed by atoms with Crippen LogP contribution < -0.4 is 0 Å². The molecule has 0 unspecified atom stereocenters. The lowest BCUT2D eigenvalue weighted by atomic mass is 10.1. The summed E-state index contributed by atoms with van der Waals surface area (Å²) in [6, 6.07) is 13.7. The van der Waals surface area contributed by atoms with E-state index in [2.05, 4.69) is 21.2 Å². The highest BCUT2D eigenvalue weighted by Gasteiger charge is 2.23. The van der Waals surface area contributed by atoms with Gasteiger partial charge in [0.05, 0.1) is 12.1 Å². The molecule has 142 valence electrons. The van der Waals surface area contributed by atoms with Gasteiger partial charge >= 0.3 is 0 Å². The van der Waals surface area contributed by atoms with E-state index in [1.165, 1.54) is 0 Å². The Morgan fingerprint density at radius 2 is 1.86 bits per heavy atom. The van der Waals surface area contributed by atoms with Gasteiger partial charge in [-0.1, -0.05) is 23.4 Å². The topological polar surface area (TPSA) is 66.9 Å². The molecule has 1 aromatic carbocycles. The van der Waals surface area contributed by atoms with Gasteiger partial charge in [0, 0.05) is 50.5 Å². The lowest BCUT2D eigenvalue weighted by molar-refractivity contribution is -0.132. The molecule has 1 aliphatic heterocycles. The summed E-state index contributed by atoms with van der Waals surface area (Å²) in [7, 11) is 0. The molecule has 0 bridgehead atoms. The van der Waals surface area contributed by atoms with Crippen molar-refractivity contribution in [2.45, 2.75) is 13.0 Å². The largest absolute Gasteiger partial charge is 0.356 e. The summed E-state index contributed by atoms with van der Waals surface area (Å²) in [4.78, 5) is 21.6. The van der Waals surface area contributed by atoms with Gasteiger partial charge in [0.15, 0.2) is 5.58 Å². The summed E-state index contributed by atoms with van der Waals surface area (Å²) in [6.07, 6.45) is 4.36. The van der Waals surface area contributed by atoms with Crippen LogP contribution >= 0.6 is 0 Å². The van der Waals surface area contributed by atoms with Crippen molar-refractivity contribution in [2.75, 3.05) is 26.2 Å². The Hall–Kier alpha value is -3.19. The van der Waals surface area contributed by atoms with Crippen LogP contribution in [-0.4, -0.2) is 56.4 Å². The number of carbonyl (C=O) groups excluding carboxylic acids is 1. The Bertz CT molecular complexity index is 1090. The van der Waals surface area contributed by atoms with E-state index < -0.39 is 0 Å². The first-order chi connectivity index (χ1) is 13.8. The van der Waals surface area contributed by atoms with E-state index in [0.29, 0.717) is 5.69 Å². The molecule has 1 amide bonds. The predicted octanol–water partition coefficient (Wildman–Crippen LogP) is 2.36. The zero-order valence-corrected chi connectivity index (χ0v) is 15.5. The van der Waals surface area contributed by atoms with Gasteiger partial charge < -0.3 is 13.8 Å². The summed E-state index contributed by atoms with van der Waals surface area (Å²) in [6.45, 7) is 3.94. The summed E-state index contributed by atoms with van der Waals surface area (Å²) < 4.78 is 7.35. The predicted molar refractivity (Wildman–Crippen MR) is 105 cm³/mol. The van der Waals surface area contributed by atoms with Crippen LogP contribution in [0.3, 0.4) is 0 Å². The standard InChI is InChI=1S/C21H21N5O2/c27-21(13-18-17-5-1-2-6-19(17)28-23-18)25-11-9-24(10-12-25)14-16-15-26-8-4-3-7-20(26)22-16/h1-8,15H,9-14H2. The third-order valence-corrected chi connectivity index (χ3v) is 5.30. The molecule has 0 atom stereocenters. The van der Waals surface area contributed by atoms with E-state index in [1.54, 1.807) is 0 Å². The number of amides is 1. The number of benzene rings is 1. The van der Waals surface area contributed by atoms with E-state index in [0.717, 1.165) is 55.0 Å². The zero-order chi connectivity index (χ0) is 18.9. The summed E-state index contributed by atoms with van der Waals surface area (Å²) in [5.41, 5.74) is 3.46. The maximum atomic E-state index is 12.7. The van der Waals surface area contributed by atoms with Crippen LogP contribution in [0.4, 0.5) is 0 Å². The minimum absolute atomic E-state index is 0.103. The van der Waals surface area contributed by atoms with Gasteiger partial charge in [0.25, 0.3) is 0 Å². The van der Waals surface area contributed by atoms with Gasteiger partial charge in [-0.05, 0) is 24.3 Å². The number of pyridine rings is 1. The molecule has 7 nitrogen and oxygen atoms in total. The summed E-state index contributed by atoms with van der Waals surface area (Å²) in [5, 5.41) is 5.00. The van der Waals surface area contributed by atoms with Gasteiger partial charge in [-0.25, -0.2) is 4.98 Å². The highest BCUT2D eigenvalue weighted by atomic mass is 16.5. The van der Waals surface area contributed by atoms with Crippen LogP contribution in [0.1, 0.15) is 11.4 Å². The molecule has 28 heavy (non-hydrogen) atoms. The first-order valence-electron chi connectivity index (χ1n) is 9.52. The minimum atomic E-state index is 0.103. The fourth-order valence-corrected chi connectivity index (χ4v) is 3.77. The molecular weight excluding hydrogens is 354 g/mol. The maximum Gasteiger partial charge on any atom is 0.228 e. The molecule has 1 fully saturated rings. The van der Waals surface area contributed by atoms with Crippen molar-refractivity contribution in [1.29, 1.82) is 0 Å². The highest BCUT2D eigenvalue weighted by Crippen LogP contribution is 2.19. The lowest BCUT2D eigenvalue weighted by Gasteiger charge is -2.34. The van der Waals surface area contributed by atoms with E-state index in [4.69, 9.17) is 4.52 Å². The van der Waals surface area contributed by atoms with Gasteiger partial charge in [-0.2, -0.15) is 0 Å². The molecule has 0 saturated carbocycles. The highest BCUT2D eigenvalue weighted by molar-refractivity contribution is 5.86. The Morgan fingerprint density at radius 3 is 2.71 bits per heavy atom. The van der Waals surface area contributed by atoms with Crippen LogP contribution in [0.5, 0.6) is 0 Å². The van der Waals surface area contributed by atoms with Crippen LogP contribution in [0, 0.1) is 0 Å². The minimum Gasteiger partial charge on any atom is -0.356 e. The molecule has 4 aromatic rings. The number of aromatic nitrogens is 3. The van der Waals surface area contributed by atoms with Gasteiger partial charge in [-0.3, -0.25) is 9.69 Å². The Morgan fingerprint density at radius 1 is 1.04 bits per heavy atom. The lowest BCUT2D eigenvalue weighted by Crippen LogP contribution is -2.48. The number of hydrogen-bond acceptors (Lipinski definition) is 5. The molecule has 0 radical (unpaired) electrons. The number of imidazole rings is 1. The van der Waals surface area contributed by atoms with Crippen molar-refractivity contribution >= 4 is 22.5 Å². The number of fused-ring (bicyclic) bond motifs is 2.